The third-order valence-corrected chi connectivity index (χ3v) is 2.56. The van der Waals surface area contributed by atoms with Crippen LogP contribution in [0.5, 0.6) is 0 Å². The molecule has 1 fully saturated rings. The summed E-state index contributed by atoms with van der Waals surface area (Å²) in [5.41, 5.74) is 0. The molecule has 0 bridgehead atoms. The van der Waals surface area contributed by atoms with Crippen LogP contribution in [0.3, 0.4) is 0 Å². The monoisotopic (exact) mass is 232 g/mol. The Morgan fingerprint density at radius 1 is 1.07 bits per heavy atom. The van der Waals surface area contributed by atoms with Crippen LogP contribution < -0.4 is 5.32 Å². The van der Waals surface area contributed by atoms with Gasteiger partial charge in [-0.25, -0.2) is 9.97 Å². The maximum atomic E-state index is 5.69. The zero-order valence-corrected chi connectivity index (χ0v) is 9.02. The van der Waals surface area contributed by atoms with Crippen LogP contribution in [-0.4, -0.2) is 21.5 Å². The van der Waals surface area contributed by atoms with Crippen LogP contribution >= 0.6 is 23.2 Å². The molecule has 2 heterocycles. The highest BCUT2D eigenvalue weighted by Gasteiger charge is 2.18. The van der Waals surface area contributed by atoms with E-state index in [2.05, 4.69) is 20.3 Å². The average Bonchev–Trinajstić information content (AvgIpc) is 2.18. The molecule has 1 aromatic heterocycles. The minimum absolute atomic E-state index is 0.160. The van der Waals surface area contributed by atoms with Crippen molar-refractivity contribution in [2.45, 2.75) is 25.3 Å². The predicted molar refractivity (Wildman–Crippen MR) is 54.4 cm³/mol. The maximum absolute atomic E-state index is 5.69. The molecule has 0 radical (unpaired) electrons. The number of nitrogens with one attached hydrogen (secondary N) is 1. The van der Waals surface area contributed by atoms with Crippen molar-refractivity contribution in [3.8, 4) is 0 Å². The highest BCUT2D eigenvalue weighted by Crippen LogP contribution is 2.21. The Kier molecular flexibility index (Phi) is 3.15. The summed E-state index contributed by atoms with van der Waals surface area (Å²) in [5, 5.41) is 3.64. The fraction of sp³-hybridized carbons (Fsp3) is 0.625. The molecule has 1 saturated heterocycles. The number of halogens is 2. The SMILES string of the molecule is Clc1nc(Cl)nc(C2CCCCN2)n1. The van der Waals surface area contributed by atoms with Gasteiger partial charge in [-0.05, 0) is 42.6 Å². The first kappa shape index (κ1) is 10.1. The summed E-state index contributed by atoms with van der Waals surface area (Å²) in [7, 11) is 0. The van der Waals surface area contributed by atoms with Crippen molar-refractivity contribution >= 4 is 23.2 Å². The summed E-state index contributed by atoms with van der Waals surface area (Å²) in [5.74, 6) is 0.648. The van der Waals surface area contributed by atoms with Crippen molar-refractivity contribution < 1.29 is 0 Å². The van der Waals surface area contributed by atoms with Gasteiger partial charge in [0.2, 0.25) is 10.6 Å². The molecule has 1 unspecified atom stereocenters. The molecule has 0 spiro atoms. The first-order valence-electron chi connectivity index (χ1n) is 4.56. The van der Waals surface area contributed by atoms with Crippen molar-refractivity contribution in [2.24, 2.45) is 0 Å². The molecule has 76 valence electrons. The Bertz CT molecular complexity index is 305. The van der Waals surface area contributed by atoms with E-state index in [0.717, 1.165) is 13.0 Å². The van der Waals surface area contributed by atoms with E-state index in [9.17, 15) is 0 Å². The Hall–Kier alpha value is -0.450. The first-order valence-corrected chi connectivity index (χ1v) is 5.31. The van der Waals surface area contributed by atoms with Gasteiger partial charge in [0.15, 0.2) is 5.82 Å². The van der Waals surface area contributed by atoms with Gasteiger partial charge in [-0.3, -0.25) is 0 Å². The second-order valence-corrected chi connectivity index (χ2v) is 3.91. The Morgan fingerprint density at radius 3 is 2.36 bits per heavy atom. The molecule has 0 amide bonds. The smallest absolute Gasteiger partial charge is 0.226 e. The number of aromatic nitrogens is 3. The van der Waals surface area contributed by atoms with Crippen LogP contribution in [0.15, 0.2) is 0 Å². The fourth-order valence-electron chi connectivity index (χ4n) is 1.57. The topological polar surface area (TPSA) is 50.7 Å². The molecule has 0 aliphatic carbocycles. The van der Waals surface area contributed by atoms with Crippen LogP contribution in [0.1, 0.15) is 31.1 Å². The lowest BCUT2D eigenvalue weighted by Crippen LogP contribution is -2.28. The Labute approximate surface area is 92.1 Å². The van der Waals surface area contributed by atoms with E-state index in [0.29, 0.717) is 5.82 Å². The van der Waals surface area contributed by atoms with E-state index in [1.54, 1.807) is 0 Å². The second-order valence-electron chi connectivity index (χ2n) is 3.23. The van der Waals surface area contributed by atoms with Crippen LogP contribution in [0, 0.1) is 0 Å². The highest BCUT2D eigenvalue weighted by molar-refractivity contribution is 6.30. The molecule has 1 N–H and O–H groups in total. The maximum Gasteiger partial charge on any atom is 0.226 e. The van der Waals surface area contributed by atoms with Gasteiger partial charge in [-0.1, -0.05) is 6.42 Å². The Balaban J connectivity index is 2.21. The molecule has 0 aromatic carbocycles. The van der Waals surface area contributed by atoms with E-state index in [1.807, 2.05) is 0 Å². The normalized spacial score (nSPS) is 22.3. The van der Waals surface area contributed by atoms with E-state index >= 15 is 0 Å². The molecule has 1 atom stereocenters. The van der Waals surface area contributed by atoms with E-state index in [1.165, 1.54) is 12.8 Å². The van der Waals surface area contributed by atoms with Crippen LogP contribution in [0.25, 0.3) is 0 Å². The number of hydrogen-bond donors (Lipinski definition) is 1. The molecular formula is C8H10Cl2N4. The van der Waals surface area contributed by atoms with Crippen LogP contribution in [0.4, 0.5) is 0 Å². The Morgan fingerprint density at radius 2 is 1.79 bits per heavy atom. The third kappa shape index (κ3) is 2.32. The number of piperidine rings is 1. The molecule has 2 rings (SSSR count). The van der Waals surface area contributed by atoms with Crippen molar-refractivity contribution in [1.82, 2.24) is 20.3 Å². The predicted octanol–water partition coefficient (Wildman–Crippen LogP) is 1.99. The molecule has 4 nitrogen and oxygen atoms in total. The van der Waals surface area contributed by atoms with Gasteiger partial charge in [0.25, 0.3) is 0 Å². The van der Waals surface area contributed by atoms with Gasteiger partial charge in [-0.15, -0.1) is 0 Å². The highest BCUT2D eigenvalue weighted by atomic mass is 35.5. The summed E-state index contributed by atoms with van der Waals surface area (Å²) in [6.45, 7) is 0.992. The molecule has 0 saturated carbocycles. The molecule has 1 aromatic rings. The third-order valence-electron chi connectivity index (χ3n) is 2.22. The van der Waals surface area contributed by atoms with Gasteiger partial charge < -0.3 is 5.32 Å². The van der Waals surface area contributed by atoms with Crippen molar-refractivity contribution in [1.29, 1.82) is 0 Å². The molecule has 14 heavy (non-hydrogen) atoms. The van der Waals surface area contributed by atoms with Gasteiger partial charge in [-0.2, -0.15) is 4.98 Å². The molecule has 1 aliphatic heterocycles. The van der Waals surface area contributed by atoms with Crippen LogP contribution in [-0.2, 0) is 0 Å². The summed E-state index contributed by atoms with van der Waals surface area (Å²) in [6, 6.07) is 0.168. The minimum atomic E-state index is 0.160. The summed E-state index contributed by atoms with van der Waals surface area (Å²) in [6.07, 6.45) is 3.40. The average molecular weight is 233 g/mol. The second kappa shape index (κ2) is 4.38. The number of hydrogen-bond acceptors (Lipinski definition) is 4. The van der Waals surface area contributed by atoms with Gasteiger partial charge in [0.1, 0.15) is 0 Å². The lowest BCUT2D eigenvalue weighted by atomic mass is 10.0. The fourth-order valence-corrected chi connectivity index (χ4v) is 1.94. The summed E-state index contributed by atoms with van der Waals surface area (Å²) < 4.78 is 0. The lowest BCUT2D eigenvalue weighted by molar-refractivity contribution is 0.396. The zero-order valence-electron chi connectivity index (χ0n) is 7.50. The van der Waals surface area contributed by atoms with Gasteiger partial charge in [0, 0.05) is 0 Å². The lowest BCUT2D eigenvalue weighted by Gasteiger charge is -2.21. The van der Waals surface area contributed by atoms with E-state index < -0.39 is 0 Å². The van der Waals surface area contributed by atoms with Gasteiger partial charge >= 0.3 is 0 Å². The zero-order chi connectivity index (χ0) is 9.97. The standard InChI is InChI=1S/C8H10Cl2N4/c9-7-12-6(13-8(10)14-7)5-3-1-2-4-11-5/h5,11H,1-4H2. The van der Waals surface area contributed by atoms with E-state index in [4.69, 9.17) is 23.2 Å². The van der Waals surface area contributed by atoms with Crippen molar-refractivity contribution in [2.75, 3.05) is 6.54 Å². The molecule has 6 heteroatoms. The summed E-state index contributed by atoms with van der Waals surface area (Å²) in [4.78, 5) is 11.8. The molecular weight excluding hydrogens is 223 g/mol. The van der Waals surface area contributed by atoms with Crippen molar-refractivity contribution in [3.63, 3.8) is 0 Å². The van der Waals surface area contributed by atoms with E-state index in [-0.39, 0.29) is 16.6 Å². The van der Waals surface area contributed by atoms with Gasteiger partial charge in [0.05, 0.1) is 6.04 Å². The minimum Gasteiger partial charge on any atom is -0.307 e. The first-order chi connectivity index (χ1) is 6.75. The number of nitrogens with zero attached hydrogens (tertiary/aromatic N) is 3. The van der Waals surface area contributed by atoms with Crippen LogP contribution in [0.2, 0.25) is 10.6 Å². The quantitative estimate of drug-likeness (QED) is 0.805. The molecule has 1 aliphatic rings. The summed E-state index contributed by atoms with van der Waals surface area (Å²) >= 11 is 11.4. The van der Waals surface area contributed by atoms with Crippen molar-refractivity contribution in [3.05, 3.63) is 16.4 Å². The number of rotatable bonds is 1. The largest absolute Gasteiger partial charge is 0.307 e.